The molecule has 0 atom stereocenters. The van der Waals surface area contributed by atoms with Crippen molar-refractivity contribution in [1.82, 2.24) is 10.3 Å². The molecule has 0 amide bonds. The lowest BCUT2D eigenvalue weighted by Gasteiger charge is -2.03. The second-order valence-electron chi connectivity index (χ2n) is 3.41. The number of aromatic nitrogens is 1. The molecule has 0 fully saturated rings. The van der Waals surface area contributed by atoms with Gasteiger partial charge in [-0.2, -0.15) is 0 Å². The van der Waals surface area contributed by atoms with Crippen molar-refractivity contribution in [3.8, 4) is 0 Å². The highest BCUT2D eigenvalue weighted by molar-refractivity contribution is 5.48. The lowest BCUT2D eigenvalue weighted by atomic mass is 10.2. The van der Waals surface area contributed by atoms with Crippen molar-refractivity contribution in [2.75, 3.05) is 26.8 Å². The summed E-state index contributed by atoms with van der Waals surface area (Å²) in [5, 5.41) is 3.29. The van der Waals surface area contributed by atoms with Gasteiger partial charge in [-0.15, -0.1) is 0 Å². The number of nitrogens with one attached hydrogen (secondary N) is 1. The summed E-state index contributed by atoms with van der Waals surface area (Å²) in [7, 11) is 1.71. The van der Waals surface area contributed by atoms with Gasteiger partial charge in [-0.1, -0.05) is 11.6 Å². The Kier molecular flexibility index (Phi) is 5.66. The molecule has 3 nitrogen and oxygen atoms in total. The third-order valence-corrected chi connectivity index (χ3v) is 1.97. The van der Waals surface area contributed by atoms with E-state index in [4.69, 9.17) is 4.74 Å². The van der Waals surface area contributed by atoms with Gasteiger partial charge < -0.3 is 10.1 Å². The van der Waals surface area contributed by atoms with Crippen LogP contribution >= 0.6 is 0 Å². The minimum atomic E-state index is 0.747. The Labute approximate surface area is 91.2 Å². The number of methoxy groups -OCH3 is 1. The van der Waals surface area contributed by atoms with Crippen molar-refractivity contribution in [2.24, 2.45) is 0 Å². The summed E-state index contributed by atoms with van der Waals surface area (Å²) in [5.41, 5.74) is 2.27. The Morgan fingerprint density at radius 1 is 1.53 bits per heavy atom. The Balaban J connectivity index is 2.33. The van der Waals surface area contributed by atoms with E-state index >= 15 is 0 Å². The summed E-state index contributed by atoms with van der Waals surface area (Å²) in [4.78, 5) is 4.23. The quantitative estimate of drug-likeness (QED) is 0.720. The fraction of sp³-hybridized carbons (Fsp3) is 0.417. The minimum absolute atomic E-state index is 0.747. The highest BCUT2D eigenvalue weighted by Crippen LogP contribution is 2.01. The van der Waals surface area contributed by atoms with Crippen LogP contribution in [0.25, 0.3) is 6.08 Å². The van der Waals surface area contributed by atoms with Crippen LogP contribution < -0.4 is 5.32 Å². The molecule has 15 heavy (non-hydrogen) atoms. The van der Waals surface area contributed by atoms with Crippen LogP contribution in [0.4, 0.5) is 0 Å². The molecule has 0 radical (unpaired) electrons. The lowest BCUT2D eigenvalue weighted by molar-refractivity contribution is 0.200. The van der Waals surface area contributed by atoms with Gasteiger partial charge in [0.15, 0.2) is 0 Å². The summed E-state index contributed by atoms with van der Waals surface area (Å²) >= 11 is 0. The molecule has 0 aromatic carbocycles. The molecule has 3 heteroatoms. The topological polar surface area (TPSA) is 34.1 Å². The van der Waals surface area contributed by atoms with E-state index in [0.717, 1.165) is 25.4 Å². The van der Waals surface area contributed by atoms with E-state index in [1.807, 2.05) is 18.2 Å². The maximum Gasteiger partial charge on any atom is 0.0629 e. The Bertz CT molecular complexity index is 296. The molecule has 0 saturated carbocycles. The van der Waals surface area contributed by atoms with Crippen molar-refractivity contribution >= 4 is 6.08 Å². The van der Waals surface area contributed by atoms with E-state index in [0.29, 0.717) is 0 Å². The van der Waals surface area contributed by atoms with Crippen molar-refractivity contribution in [2.45, 2.75) is 6.92 Å². The third kappa shape index (κ3) is 5.30. The summed E-state index contributed by atoms with van der Waals surface area (Å²) in [5.74, 6) is 0. The number of pyridine rings is 1. The van der Waals surface area contributed by atoms with E-state index in [1.165, 1.54) is 5.57 Å². The monoisotopic (exact) mass is 206 g/mol. The van der Waals surface area contributed by atoms with Gasteiger partial charge in [0.25, 0.3) is 0 Å². The summed E-state index contributed by atoms with van der Waals surface area (Å²) in [6, 6.07) is 5.91. The number of ether oxygens (including phenoxy) is 1. The zero-order valence-electron chi connectivity index (χ0n) is 9.36. The Morgan fingerprint density at radius 3 is 3.07 bits per heavy atom. The third-order valence-electron chi connectivity index (χ3n) is 1.97. The maximum atomic E-state index is 4.95. The van der Waals surface area contributed by atoms with Crippen LogP contribution in [0.3, 0.4) is 0 Å². The molecule has 1 rings (SSSR count). The van der Waals surface area contributed by atoms with Gasteiger partial charge in [0.2, 0.25) is 0 Å². The minimum Gasteiger partial charge on any atom is -0.383 e. The molecule has 1 aromatic heterocycles. The highest BCUT2D eigenvalue weighted by Gasteiger charge is 1.91. The average Bonchev–Trinajstić information content (AvgIpc) is 2.26. The largest absolute Gasteiger partial charge is 0.383 e. The van der Waals surface area contributed by atoms with Crippen LogP contribution in [0, 0.1) is 0 Å². The fourth-order valence-corrected chi connectivity index (χ4v) is 1.22. The van der Waals surface area contributed by atoms with Gasteiger partial charge in [-0.05, 0) is 25.1 Å². The lowest BCUT2D eigenvalue weighted by Crippen LogP contribution is -2.20. The molecule has 82 valence electrons. The standard InChI is InChI=1S/C12H18N2O/c1-11(10-13-7-8-15-2)9-12-5-3-4-6-14-12/h3-6,9,13H,7-8,10H2,1-2H3. The summed E-state index contributed by atoms with van der Waals surface area (Å²) < 4.78 is 4.95. The number of rotatable bonds is 6. The second-order valence-corrected chi connectivity index (χ2v) is 3.41. The predicted octanol–water partition coefficient (Wildman–Crippen LogP) is 1.72. The molecular formula is C12H18N2O. The van der Waals surface area contributed by atoms with Crippen LogP contribution in [0.2, 0.25) is 0 Å². The van der Waals surface area contributed by atoms with E-state index in [1.54, 1.807) is 13.3 Å². The van der Waals surface area contributed by atoms with Crippen molar-refractivity contribution in [1.29, 1.82) is 0 Å². The molecule has 0 spiro atoms. The number of nitrogens with zero attached hydrogens (tertiary/aromatic N) is 1. The SMILES string of the molecule is COCCNCC(C)=Cc1ccccn1. The van der Waals surface area contributed by atoms with Crippen LogP contribution in [-0.2, 0) is 4.74 Å². The normalized spacial score (nSPS) is 11.7. The van der Waals surface area contributed by atoms with Gasteiger partial charge in [0.1, 0.15) is 0 Å². The Hall–Kier alpha value is -1.19. The highest BCUT2D eigenvalue weighted by atomic mass is 16.5. The first-order valence-corrected chi connectivity index (χ1v) is 5.11. The van der Waals surface area contributed by atoms with E-state index in [2.05, 4.69) is 23.3 Å². The molecule has 0 unspecified atom stereocenters. The Morgan fingerprint density at radius 2 is 2.40 bits per heavy atom. The van der Waals surface area contributed by atoms with Crippen LogP contribution in [0.15, 0.2) is 30.0 Å². The van der Waals surface area contributed by atoms with Gasteiger partial charge in [0.05, 0.1) is 12.3 Å². The molecule has 0 bridgehead atoms. The van der Waals surface area contributed by atoms with Crippen molar-refractivity contribution in [3.63, 3.8) is 0 Å². The van der Waals surface area contributed by atoms with E-state index < -0.39 is 0 Å². The van der Waals surface area contributed by atoms with Crippen LogP contribution in [0.1, 0.15) is 12.6 Å². The van der Waals surface area contributed by atoms with Gasteiger partial charge >= 0.3 is 0 Å². The molecule has 0 aliphatic carbocycles. The van der Waals surface area contributed by atoms with Crippen molar-refractivity contribution in [3.05, 3.63) is 35.7 Å². The predicted molar refractivity (Wildman–Crippen MR) is 62.6 cm³/mol. The van der Waals surface area contributed by atoms with Crippen molar-refractivity contribution < 1.29 is 4.74 Å². The first-order chi connectivity index (χ1) is 7.33. The molecular weight excluding hydrogens is 188 g/mol. The first kappa shape index (κ1) is 11.9. The van der Waals surface area contributed by atoms with Gasteiger partial charge in [-0.25, -0.2) is 0 Å². The van der Waals surface area contributed by atoms with Crippen LogP contribution in [0.5, 0.6) is 0 Å². The zero-order chi connectivity index (χ0) is 10.9. The molecule has 1 aromatic rings. The summed E-state index contributed by atoms with van der Waals surface area (Å²) in [6.07, 6.45) is 3.89. The van der Waals surface area contributed by atoms with Gasteiger partial charge in [0, 0.05) is 26.4 Å². The maximum absolute atomic E-state index is 4.95. The summed E-state index contributed by atoms with van der Waals surface area (Å²) in [6.45, 7) is 4.59. The molecule has 0 aliphatic heterocycles. The average molecular weight is 206 g/mol. The van der Waals surface area contributed by atoms with Crippen LogP contribution in [-0.4, -0.2) is 31.8 Å². The molecule has 0 aliphatic rings. The molecule has 0 saturated heterocycles. The second kappa shape index (κ2) is 7.15. The zero-order valence-corrected chi connectivity index (χ0v) is 9.36. The molecule has 1 heterocycles. The van der Waals surface area contributed by atoms with Gasteiger partial charge in [-0.3, -0.25) is 4.98 Å². The molecule has 1 N–H and O–H groups in total. The van der Waals surface area contributed by atoms with E-state index in [9.17, 15) is 0 Å². The number of hydrogen-bond donors (Lipinski definition) is 1. The first-order valence-electron chi connectivity index (χ1n) is 5.11. The fourth-order valence-electron chi connectivity index (χ4n) is 1.22. The number of hydrogen-bond acceptors (Lipinski definition) is 3. The van der Waals surface area contributed by atoms with E-state index in [-0.39, 0.29) is 0 Å². The smallest absolute Gasteiger partial charge is 0.0629 e.